The Morgan fingerprint density at radius 3 is 2.24 bits per heavy atom. The Morgan fingerprint density at radius 2 is 1.62 bits per heavy atom. The Morgan fingerprint density at radius 1 is 1.00 bits per heavy atom. The summed E-state index contributed by atoms with van der Waals surface area (Å²) in [6, 6.07) is 24.5. The van der Waals surface area contributed by atoms with Crippen LogP contribution >= 0.6 is 23.2 Å². The van der Waals surface area contributed by atoms with Crippen molar-refractivity contribution in [2.45, 2.75) is 24.2 Å². The first-order valence-electron chi connectivity index (χ1n) is 10.6. The number of hydrogen-bond donors (Lipinski definition) is 1. The molecular weight excluding hydrogens is 489 g/mol. The van der Waals surface area contributed by atoms with Crippen molar-refractivity contribution in [1.29, 1.82) is 0 Å². The van der Waals surface area contributed by atoms with Crippen molar-refractivity contribution in [2.24, 2.45) is 20.2 Å². The molecule has 0 bridgehead atoms. The molecule has 4 rings (SSSR count). The van der Waals surface area contributed by atoms with Gasteiger partial charge in [0.05, 0.1) is 16.4 Å². The van der Waals surface area contributed by atoms with Gasteiger partial charge in [-0.05, 0) is 60.9 Å². The highest BCUT2D eigenvalue weighted by Crippen LogP contribution is 2.30. The van der Waals surface area contributed by atoms with Gasteiger partial charge in [-0.1, -0.05) is 65.7 Å². The average molecular weight is 512 g/mol. The third-order valence-corrected chi connectivity index (χ3v) is 6.73. The topological polar surface area (TPSA) is 83.4 Å². The molecule has 0 saturated carbocycles. The van der Waals surface area contributed by atoms with Gasteiger partial charge in [-0.3, -0.25) is 0 Å². The van der Waals surface area contributed by atoms with E-state index < -0.39 is 11.0 Å². The van der Waals surface area contributed by atoms with E-state index in [2.05, 4.69) is 21.5 Å². The molecule has 1 aliphatic rings. The van der Waals surface area contributed by atoms with Crippen LogP contribution in [0.3, 0.4) is 0 Å². The lowest BCUT2D eigenvalue weighted by Crippen LogP contribution is -2.36. The van der Waals surface area contributed by atoms with Gasteiger partial charge in [0, 0.05) is 22.5 Å². The molecule has 2 unspecified atom stereocenters. The Kier molecular flexibility index (Phi) is 7.77. The fraction of sp³-hybridized carbons (Fsp3) is 0.160. The first kappa shape index (κ1) is 24.1. The van der Waals surface area contributed by atoms with Crippen molar-refractivity contribution >= 4 is 51.7 Å². The summed E-state index contributed by atoms with van der Waals surface area (Å²) in [7, 11) is -1.71. The second kappa shape index (κ2) is 11.0. The summed E-state index contributed by atoms with van der Waals surface area (Å²) in [6.07, 6.45) is 0.761. The lowest BCUT2D eigenvalue weighted by molar-refractivity contribution is 0.400. The summed E-state index contributed by atoms with van der Waals surface area (Å²) in [5.74, 6) is 0.552. The number of halogens is 2. The van der Waals surface area contributed by atoms with E-state index in [-0.39, 0.29) is 11.9 Å². The van der Waals surface area contributed by atoms with E-state index in [4.69, 9.17) is 34.0 Å². The van der Waals surface area contributed by atoms with Crippen LogP contribution in [0.15, 0.2) is 98.2 Å². The van der Waals surface area contributed by atoms with Crippen LogP contribution in [0.1, 0.15) is 30.4 Å². The zero-order valence-corrected chi connectivity index (χ0v) is 20.8. The normalized spacial score (nSPS) is 17.9. The molecular formula is C25H23Cl2N5OS. The van der Waals surface area contributed by atoms with E-state index in [9.17, 15) is 4.21 Å². The third kappa shape index (κ3) is 5.91. The van der Waals surface area contributed by atoms with Crippen LogP contribution < -0.4 is 5.73 Å². The molecule has 2 atom stereocenters. The lowest BCUT2D eigenvalue weighted by Gasteiger charge is -2.30. The van der Waals surface area contributed by atoms with Crippen LogP contribution in [0.5, 0.6) is 0 Å². The second-order valence-corrected chi connectivity index (χ2v) is 9.74. The van der Waals surface area contributed by atoms with Gasteiger partial charge in [0.25, 0.3) is 5.96 Å². The standard InChI is InChI=1S/C25H23Cl2N5OS/c1-17(28)29-25(31-34(33)22-13-11-21(27)12-14-22)32-16-15-23(18-5-3-2-4-6-18)24(30-32)19-7-9-20(26)10-8-19/h2-14,23H,15-16H2,1H3,(H2,28,29,31). The molecule has 0 aliphatic carbocycles. The molecule has 2 N–H and O–H groups in total. The highest BCUT2D eigenvalue weighted by molar-refractivity contribution is 7.83. The molecule has 1 aliphatic heterocycles. The van der Waals surface area contributed by atoms with Crippen LogP contribution in [0.25, 0.3) is 0 Å². The van der Waals surface area contributed by atoms with E-state index in [1.165, 1.54) is 0 Å². The molecule has 3 aromatic rings. The molecule has 0 amide bonds. The van der Waals surface area contributed by atoms with Crippen LogP contribution in [-0.4, -0.2) is 33.3 Å². The van der Waals surface area contributed by atoms with Crippen molar-refractivity contribution in [2.75, 3.05) is 6.54 Å². The second-order valence-electron chi connectivity index (χ2n) is 7.71. The van der Waals surface area contributed by atoms with Gasteiger partial charge in [0.1, 0.15) is 0 Å². The smallest absolute Gasteiger partial charge is 0.257 e. The van der Waals surface area contributed by atoms with Gasteiger partial charge in [0.2, 0.25) is 0 Å². The molecule has 0 fully saturated rings. The van der Waals surface area contributed by atoms with Gasteiger partial charge in [-0.15, -0.1) is 4.40 Å². The molecule has 0 spiro atoms. The lowest BCUT2D eigenvalue weighted by atomic mass is 9.86. The predicted molar refractivity (Wildman–Crippen MR) is 141 cm³/mol. The molecule has 0 aromatic heterocycles. The van der Waals surface area contributed by atoms with Gasteiger partial charge in [-0.2, -0.15) is 10.1 Å². The number of guanidine groups is 1. The van der Waals surface area contributed by atoms with Crippen molar-refractivity contribution in [1.82, 2.24) is 5.01 Å². The maximum atomic E-state index is 12.9. The Bertz CT molecular complexity index is 1250. The van der Waals surface area contributed by atoms with E-state index in [0.29, 0.717) is 27.3 Å². The number of benzene rings is 3. The minimum absolute atomic E-state index is 0.0737. The number of nitrogens with zero attached hydrogens (tertiary/aromatic N) is 4. The average Bonchev–Trinajstić information content (AvgIpc) is 2.84. The highest BCUT2D eigenvalue weighted by Gasteiger charge is 2.28. The van der Waals surface area contributed by atoms with Crippen LogP contribution in [-0.2, 0) is 11.0 Å². The van der Waals surface area contributed by atoms with Gasteiger partial charge >= 0.3 is 0 Å². The SMILES string of the molecule is C/C(N)=N\C(=N\S(=O)c1ccc(Cl)cc1)N1CCC(c2ccccc2)C(c2ccc(Cl)cc2)=N1. The number of rotatable bonds is 4. The largest absolute Gasteiger partial charge is 0.387 e. The van der Waals surface area contributed by atoms with Gasteiger partial charge in [0.15, 0.2) is 11.0 Å². The molecule has 174 valence electrons. The number of hydrogen-bond acceptors (Lipinski definition) is 2. The Hall–Kier alpha value is -3.00. The molecule has 3 aromatic carbocycles. The van der Waals surface area contributed by atoms with E-state index >= 15 is 0 Å². The number of amidine groups is 1. The number of nitrogens with two attached hydrogens (primary N) is 1. The number of hydrazone groups is 1. The third-order valence-electron chi connectivity index (χ3n) is 5.22. The Labute approximate surface area is 211 Å². The zero-order chi connectivity index (χ0) is 24.1. The van der Waals surface area contributed by atoms with Crippen molar-refractivity contribution in [3.05, 3.63) is 100 Å². The van der Waals surface area contributed by atoms with E-state index in [1.54, 1.807) is 36.2 Å². The molecule has 6 nitrogen and oxygen atoms in total. The van der Waals surface area contributed by atoms with Crippen molar-refractivity contribution < 1.29 is 4.21 Å². The minimum atomic E-state index is -1.71. The maximum Gasteiger partial charge on any atom is 0.257 e. The summed E-state index contributed by atoms with van der Waals surface area (Å²) in [5.41, 5.74) is 8.83. The van der Waals surface area contributed by atoms with Gasteiger partial charge in [-0.25, -0.2) is 9.22 Å². The summed E-state index contributed by atoms with van der Waals surface area (Å²) in [6.45, 7) is 2.19. The van der Waals surface area contributed by atoms with E-state index in [0.717, 1.165) is 23.3 Å². The fourth-order valence-electron chi connectivity index (χ4n) is 3.63. The van der Waals surface area contributed by atoms with Crippen molar-refractivity contribution in [3.8, 4) is 0 Å². The molecule has 34 heavy (non-hydrogen) atoms. The predicted octanol–water partition coefficient (Wildman–Crippen LogP) is 5.64. The molecule has 0 radical (unpaired) electrons. The summed E-state index contributed by atoms with van der Waals surface area (Å²) in [4.78, 5) is 4.85. The summed E-state index contributed by atoms with van der Waals surface area (Å²) >= 11 is 12.1. The minimum Gasteiger partial charge on any atom is -0.387 e. The first-order valence-corrected chi connectivity index (χ1v) is 12.5. The first-order chi connectivity index (χ1) is 16.4. The molecule has 1 heterocycles. The van der Waals surface area contributed by atoms with Crippen LogP contribution in [0.2, 0.25) is 10.0 Å². The fourth-order valence-corrected chi connectivity index (χ4v) is 4.64. The van der Waals surface area contributed by atoms with Gasteiger partial charge < -0.3 is 5.73 Å². The molecule has 0 saturated heterocycles. The van der Waals surface area contributed by atoms with Crippen LogP contribution in [0, 0.1) is 0 Å². The summed E-state index contributed by atoms with van der Waals surface area (Å²) in [5, 5.41) is 7.78. The Balaban J connectivity index is 1.76. The zero-order valence-electron chi connectivity index (χ0n) is 18.4. The highest BCUT2D eigenvalue weighted by atomic mass is 35.5. The monoisotopic (exact) mass is 511 g/mol. The summed E-state index contributed by atoms with van der Waals surface area (Å²) < 4.78 is 17.3. The molecule has 9 heteroatoms. The van der Waals surface area contributed by atoms with Crippen LogP contribution in [0.4, 0.5) is 0 Å². The quantitative estimate of drug-likeness (QED) is 0.363. The van der Waals surface area contributed by atoms with E-state index in [1.807, 2.05) is 42.5 Å². The number of aliphatic imine (C=N–C) groups is 1. The van der Waals surface area contributed by atoms with Crippen molar-refractivity contribution in [3.63, 3.8) is 0 Å². The maximum absolute atomic E-state index is 12.9.